The van der Waals surface area contributed by atoms with Gasteiger partial charge in [-0.2, -0.15) is 0 Å². The summed E-state index contributed by atoms with van der Waals surface area (Å²) in [4.78, 5) is 25.0. The quantitative estimate of drug-likeness (QED) is 0.571. The van der Waals surface area contributed by atoms with Crippen molar-refractivity contribution >= 4 is 29.3 Å². The van der Waals surface area contributed by atoms with E-state index in [0.717, 1.165) is 10.6 Å². The Morgan fingerprint density at radius 1 is 1.04 bits per heavy atom. The van der Waals surface area contributed by atoms with E-state index in [4.69, 9.17) is 4.74 Å². The highest BCUT2D eigenvalue weighted by atomic mass is 32.2. The van der Waals surface area contributed by atoms with E-state index in [2.05, 4.69) is 10.6 Å². The van der Waals surface area contributed by atoms with Gasteiger partial charge in [-0.25, -0.2) is 0 Å². The maximum atomic E-state index is 12.4. The molecule has 2 aromatic rings. The van der Waals surface area contributed by atoms with Gasteiger partial charge >= 0.3 is 0 Å². The van der Waals surface area contributed by atoms with E-state index in [0.29, 0.717) is 18.7 Å². The van der Waals surface area contributed by atoms with Crippen LogP contribution in [0.4, 0.5) is 5.69 Å². The number of ether oxygens (including phenoxy) is 1. The van der Waals surface area contributed by atoms with E-state index in [1.54, 1.807) is 13.2 Å². The molecule has 6 heteroatoms. The SMILES string of the molecule is COCCNC(=O)CSc1ccccc1C(=O)Nc1ccccc1. The van der Waals surface area contributed by atoms with E-state index < -0.39 is 0 Å². The number of carbonyl (C=O) groups is 2. The number of hydrogen-bond donors (Lipinski definition) is 2. The molecule has 0 saturated carbocycles. The zero-order valence-corrected chi connectivity index (χ0v) is 14.3. The zero-order chi connectivity index (χ0) is 17.2. The first kappa shape index (κ1) is 18.0. The smallest absolute Gasteiger partial charge is 0.256 e. The molecule has 126 valence electrons. The minimum absolute atomic E-state index is 0.0877. The molecule has 0 aliphatic rings. The van der Waals surface area contributed by atoms with Gasteiger partial charge in [0, 0.05) is 24.2 Å². The molecule has 0 saturated heterocycles. The van der Waals surface area contributed by atoms with E-state index in [1.807, 2.05) is 48.5 Å². The highest BCUT2D eigenvalue weighted by Gasteiger charge is 2.12. The Balaban J connectivity index is 1.96. The highest BCUT2D eigenvalue weighted by molar-refractivity contribution is 8.00. The molecule has 24 heavy (non-hydrogen) atoms. The third kappa shape index (κ3) is 5.72. The number of para-hydroxylation sites is 1. The second-order valence-corrected chi connectivity index (χ2v) is 5.96. The van der Waals surface area contributed by atoms with Crippen LogP contribution in [-0.2, 0) is 9.53 Å². The summed E-state index contributed by atoms with van der Waals surface area (Å²) < 4.78 is 4.89. The van der Waals surface area contributed by atoms with E-state index >= 15 is 0 Å². The third-order valence-electron chi connectivity index (χ3n) is 3.15. The van der Waals surface area contributed by atoms with Crippen LogP contribution in [0.3, 0.4) is 0 Å². The lowest BCUT2D eigenvalue weighted by molar-refractivity contribution is -0.118. The van der Waals surface area contributed by atoms with E-state index in [-0.39, 0.29) is 17.6 Å². The van der Waals surface area contributed by atoms with Crippen LogP contribution < -0.4 is 10.6 Å². The van der Waals surface area contributed by atoms with Gasteiger partial charge in [0.15, 0.2) is 0 Å². The Morgan fingerprint density at radius 2 is 1.75 bits per heavy atom. The van der Waals surface area contributed by atoms with E-state index in [9.17, 15) is 9.59 Å². The van der Waals surface area contributed by atoms with E-state index in [1.165, 1.54) is 11.8 Å². The maximum absolute atomic E-state index is 12.4. The topological polar surface area (TPSA) is 67.4 Å². The Hall–Kier alpha value is -2.31. The van der Waals surface area contributed by atoms with Crippen molar-refractivity contribution < 1.29 is 14.3 Å². The van der Waals surface area contributed by atoms with Crippen molar-refractivity contribution in [1.82, 2.24) is 5.32 Å². The van der Waals surface area contributed by atoms with Crippen molar-refractivity contribution in [3.63, 3.8) is 0 Å². The summed E-state index contributed by atoms with van der Waals surface area (Å²) >= 11 is 1.34. The number of amides is 2. The first-order chi connectivity index (χ1) is 11.7. The Morgan fingerprint density at radius 3 is 2.50 bits per heavy atom. The molecule has 2 amide bonds. The highest BCUT2D eigenvalue weighted by Crippen LogP contribution is 2.23. The molecule has 0 atom stereocenters. The molecule has 0 aliphatic carbocycles. The lowest BCUT2D eigenvalue weighted by Crippen LogP contribution is -2.28. The number of thioether (sulfide) groups is 1. The molecular formula is C18H20N2O3S. The summed E-state index contributed by atoms with van der Waals surface area (Å²) in [5, 5.41) is 5.62. The number of hydrogen-bond acceptors (Lipinski definition) is 4. The number of carbonyl (C=O) groups excluding carboxylic acids is 2. The summed E-state index contributed by atoms with van der Waals surface area (Å²) in [5.41, 5.74) is 1.29. The molecule has 0 bridgehead atoms. The van der Waals surface area contributed by atoms with Crippen LogP contribution in [0.5, 0.6) is 0 Å². The Labute approximate surface area is 145 Å². The summed E-state index contributed by atoms with van der Waals surface area (Å²) in [6, 6.07) is 16.5. The first-order valence-corrected chi connectivity index (χ1v) is 8.53. The summed E-state index contributed by atoms with van der Waals surface area (Å²) in [7, 11) is 1.59. The molecule has 2 N–H and O–H groups in total. The fourth-order valence-electron chi connectivity index (χ4n) is 1.99. The number of nitrogens with one attached hydrogen (secondary N) is 2. The van der Waals surface area contributed by atoms with Gasteiger partial charge in [0.05, 0.1) is 17.9 Å². The maximum Gasteiger partial charge on any atom is 0.256 e. The minimum atomic E-state index is -0.191. The van der Waals surface area contributed by atoms with Crippen LogP contribution in [0, 0.1) is 0 Å². The monoisotopic (exact) mass is 344 g/mol. The third-order valence-corrected chi connectivity index (χ3v) is 4.22. The predicted molar refractivity (Wildman–Crippen MR) is 96.4 cm³/mol. The fraction of sp³-hybridized carbons (Fsp3) is 0.222. The molecule has 2 aromatic carbocycles. The average Bonchev–Trinajstić information content (AvgIpc) is 2.61. The lowest BCUT2D eigenvalue weighted by atomic mass is 10.2. The van der Waals surface area contributed by atoms with Crippen molar-refractivity contribution in [3.05, 3.63) is 60.2 Å². The zero-order valence-electron chi connectivity index (χ0n) is 13.5. The summed E-state index contributed by atoms with van der Waals surface area (Å²) in [6.45, 7) is 0.957. The summed E-state index contributed by atoms with van der Waals surface area (Å²) in [6.07, 6.45) is 0. The van der Waals surface area contributed by atoms with Gasteiger partial charge in [0.25, 0.3) is 5.91 Å². The van der Waals surface area contributed by atoms with Gasteiger partial charge in [-0.15, -0.1) is 11.8 Å². The second kappa shape index (κ2) is 9.75. The van der Waals surface area contributed by atoms with Gasteiger partial charge in [-0.3, -0.25) is 9.59 Å². The molecule has 0 aliphatic heterocycles. The van der Waals surface area contributed by atoms with Crippen molar-refractivity contribution in [2.24, 2.45) is 0 Å². The van der Waals surface area contributed by atoms with Gasteiger partial charge < -0.3 is 15.4 Å². The number of methoxy groups -OCH3 is 1. The van der Waals surface area contributed by atoms with Gasteiger partial charge in [-0.05, 0) is 24.3 Å². The van der Waals surface area contributed by atoms with Crippen molar-refractivity contribution in [3.8, 4) is 0 Å². The van der Waals surface area contributed by atoms with Crippen LogP contribution in [0.25, 0.3) is 0 Å². The molecule has 0 heterocycles. The number of benzene rings is 2. The molecule has 0 radical (unpaired) electrons. The van der Waals surface area contributed by atoms with Gasteiger partial charge in [0.1, 0.15) is 0 Å². The molecule has 0 spiro atoms. The van der Waals surface area contributed by atoms with Crippen molar-refractivity contribution in [1.29, 1.82) is 0 Å². The van der Waals surface area contributed by atoms with Crippen LogP contribution in [0.2, 0.25) is 0 Å². The molecular weight excluding hydrogens is 324 g/mol. The molecule has 5 nitrogen and oxygen atoms in total. The van der Waals surface area contributed by atoms with Crippen molar-refractivity contribution in [2.45, 2.75) is 4.90 Å². The fourth-order valence-corrected chi connectivity index (χ4v) is 2.87. The standard InChI is InChI=1S/C18H20N2O3S/c1-23-12-11-19-17(21)13-24-16-10-6-5-9-15(16)18(22)20-14-7-3-2-4-8-14/h2-10H,11-13H2,1H3,(H,19,21)(H,20,22). The summed E-state index contributed by atoms with van der Waals surface area (Å²) in [5.74, 6) is -0.0290. The van der Waals surface area contributed by atoms with Gasteiger partial charge in [-0.1, -0.05) is 30.3 Å². The van der Waals surface area contributed by atoms with Crippen molar-refractivity contribution in [2.75, 3.05) is 31.3 Å². The normalized spacial score (nSPS) is 10.2. The molecule has 0 fully saturated rings. The van der Waals surface area contributed by atoms with Crippen LogP contribution in [0.15, 0.2) is 59.5 Å². The van der Waals surface area contributed by atoms with Crippen LogP contribution >= 0.6 is 11.8 Å². The lowest BCUT2D eigenvalue weighted by Gasteiger charge is -2.10. The Kier molecular flexibility index (Phi) is 7.32. The second-order valence-electron chi connectivity index (χ2n) is 4.95. The van der Waals surface area contributed by atoms with Gasteiger partial charge in [0.2, 0.25) is 5.91 Å². The number of anilines is 1. The molecule has 2 rings (SSSR count). The van der Waals surface area contributed by atoms with Crippen LogP contribution in [0.1, 0.15) is 10.4 Å². The first-order valence-electron chi connectivity index (χ1n) is 7.54. The predicted octanol–water partition coefficient (Wildman–Crippen LogP) is 2.79. The average molecular weight is 344 g/mol. The number of rotatable bonds is 8. The van der Waals surface area contributed by atoms with Crippen LogP contribution in [-0.4, -0.2) is 37.8 Å². The molecule has 0 aromatic heterocycles. The Bertz CT molecular complexity index is 677. The minimum Gasteiger partial charge on any atom is -0.383 e. The largest absolute Gasteiger partial charge is 0.383 e. The molecule has 0 unspecified atom stereocenters.